The Bertz CT molecular complexity index is 412. The first-order valence-electron chi connectivity index (χ1n) is 8.83. The molecule has 4 aliphatic rings. The minimum absolute atomic E-state index is 0. The molecule has 0 saturated heterocycles. The van der Waals surface area contributed by atoms with Crippen molar-refractivity contribution < 1.29 is 0 Å². The van der Waals surface area contributed by atoms with Crippen molar-refractivity contribution in [3.05, 3.63) is 11.6 Å². The van der Waals surface area contributed by atoms with E-state index in [0.29, 0.717) is 5.41 Å². The Morgan fingerprint density at radius 3 is 2.65 bits per heavy atom. The van der Waals surface area contributed by atoms with E-state index >= 15 is 0 Å². The van der Waals surface area contributed by atoms with Crippen LogP contribution in [0.25, 0.3) is 0 Å². The third-order valence-corrected chi connectivity index (χ3v) is 7.81. The summed E-state index contributed by atoms with van der Waals surface area (Å²) in [5.74, 6) is 3.18. The molecule has 5 atom stereocenters. The Hall–Kier alpha value is 0.0300. The van der Waals surface area contributed by atoms with Gasteiger partial charge in [0, 0.05) is 0 Å². The van der Waals surface area contributed by atoms with Crippen molar-refractivity contribution in [1.82, 2.24) is 0 Å². The van der Waals surface area contributed by atoms with Crippen molar-refractivity contribution in [2.75, 3.05) is 0 Å². The normalized spacial score (nSPS) is 50.3. The highest BCUT2D eigenvalue weighted by Gasteiger charge is 2.55. The first kappa shape index (κ1) is 14.9. The van der Waals surface area contributed by atoms with E-state index < -0.39 is 0 Å². The maximum Gasteiger partial charge on any atom is -0.00853 e. The van der Waals surface area contributed by atoms with Crippen LogP contribution in [0.5, 0.6) is 0 Å². The van der Waals surface area contributed by atoms with Crippen LogP contribution in [0.1, 0.15) is 78.1 Å². The van der Waals surface area contributed by atoms with Gasteiger partial charge >= 0.3 is 0 Å². The molecule has 20 heavy (non-hydrogen) atoms. The molecular formula is C19H31Cl. The van der Waals surface area contributed by atoms with E-state index in [4.69, 9.17) is 0 Å². The molecule has 0 amide bonds. The molecule has 0 bridgehead atoms. The summed E-state index contributed by atoms with van der Waals surface area (Å²) in [4.78, 5) is 0. The molecule has 4 rings (SSSR count). The highest BCUT2D eigenvalue weighted by atomic mass is 35.5. The second-order valence-corrected chi connectivity index (χ2v) is 8.54. The number of rotatable bonds is 0. The van der Waals surface area contributed by atoms with Gasteiger partial charge in [0.25, 0.3) is 0 Å². The monoisotopic (exact) mass is 294 g/mol. The molecule has 0 radical (unpaired) electrons. The average Bonchev–Trinajstić information content (AvgIpc) is 2.79. The Kier molecular flexibility index (Phi) is 3.77. The third-order valence-electron chi connectivity index (χ3n) is 7.81. The molecule has 3 saturated carbocycles. The highest BCUT2D eigenvalue weighted by Crippen LogP contribution is 2.65. The maximum absolute atomic E-state index is 2.63. The lowest BCUT2D eigenvalue weighted by atomic mass is 9.47. The lowest BCUT2D eigenvalue weighted by Gasteiger charge is -2.57. The zero-order valence-corrected chi connectivity index (χ0v) is 14.1. The molecule has 1 heteroatoms. The molecule has 4 aliphatic carbocycles. The van der Waals surface area contributed by atoms with Gasteiger partial charge in [-0.2, -0.15) is 0 Å². The zero-order valence-electron chi connectivity index (χ0n) is 13.3. The van der Waals surface area contributed by atoms with E-state index in [9.17, 15) is 0 Å². The van der Waals surface area contributed by atoms with Crippen LogP contribution in [-0.4, -0.2) is 0 Å². The summed E-state index contributed by atoms with van der Waals surface area (Å²) in [6.07, 6.45) is 17.5. The van der Waals surface area contributed by atoms with Gasteiger partial charge in [-0.3, -0.25) is 0 Å². The molecule has 0 heterocycles. The van der Waals surface area contributed by atoms with Gasteiger partial charge in [-0.05, 0) is 86.4 Å². The largest absolute Gasteiger partial charge is 0.147 e. The third kappa shape index (κ3) is 1.93. The molecule has 0 nitrogen and oxygen atoms in total. The predicted molar refractivity (Wildman–Crippen MR) is 88.2 cm³/mol. The molecule has 0 N–H and O–H groups in total. The van der Waals surface area contributed by atoms with E-state index in [1.54, 1.807) is 6.42 Å². The van der Waals surface area contributed by atoms with Crippen LogP contribution >= 0.6 is 12.4 Å². The molecule has 0 aliphatic heterocycles. The van der Waals surface area contributed by atoms with Gasteiger partial charge in [0.05, 0.1) is 0 Å². The van der Waals surface area contributed by atoms with Gasteiger partial charge in [0.2, 0.25) is 0 Å². The number of allylic oxidation sites excluding steroid dienone is 2. The van der Waals surface area contributed by atoms with Crippen LogP contribution in [0.3, 0.4) is 0 Å². The van der Waals surface area contributed by atoms with Crippen molar-refractivity contribution in [1.29, 1.82) is 0 Å². The fourth-order valence-electron chi connectivity index (χ4n) is 6.75. The Morgan fingerprint density at radius 2 is 1.80 bits per heavy atom. The van der Waals surface area contributed by atoms with Gasteiger partial charge in [-0.25, -0.2) is 0 Å². The van der Waals surface area contributed by atoms with E-state index in [2.05, 4.69) is 19.9 Å². The van der Waals surface area contributed by atoms with Crippen LogP contribution in [0.2, 0.25) is 0 Å². The molecule has 0 aromatic rings. The predicted octanol–water partition coefficient (Wildman–Crippen LogP) is 6.15. The number of halogens is 1. The van der Waals surface area contributed by atoms with Crippen LogP contribution in [0, 0.1) is 28.6 Å². The summed E-state index contributed by atoms with van der Waals surface area (Å²) in [6, 6.07) is 0. The smallest absolute Gasteiger partial charge is 0.00853 e. The molecule has 0 aromatic carbocycles. The van der Waals surface area contributed by atoms with Gasteiger partial charge < -0.3 is 0 Å². The summed E-state index contributed by atoms with van der Waals surface area (Å²) in [5, 5.41) is 0. The topological polar surface area (TPSA) is 0 Å². The molecule has 0 aromatic heterocycles. The number of fused-ring (bicyclic) bond motifs is 5. The van der Waals surface area contributed by atoms with Crippen molar-refractivity contribution in [2.45, 2.75) is 78.1 Å². The van der Waals surface area contributed by atoms with Crippen molar-refractivity contribution in [2.24, 2.45) is 28.6 Å². The van der Waals surface area contributed by atoms with Gasteiger partial charge in [-0.1, -0.05) is 31.9 Å². The molecule has 114 valence electrons. The lowest BCUT2D eigenvalue weighted by molar-refractivity contribution is -0.0360. The second kappa shape index (κ2) is 5.04. The van der Waals surface area contributed by atoms with E-state index in [0.717, 1.165) is 23.2 Å². The van der Waals surface area contributed by atoms with Crippen LogP contribution < -0.4 is 0 Å². The summed E-state index contributed by atoms with van der Waals surface area (Å²) < 4.78 is 0. The van der Waals surface area contributed by atoms with Crippen molar-refractivity contribution in [3.8, 4) is 0 Å². The van der Waals surface area contributed by atoms with Gasteiger partial charge in [-0.15, -0.1) is 12.4 Å². The van der Waals surface area contributed by atoms with E-state index in [1.807, 2.05) is 5.57 Å². The van der Waals surface area contributed by atoms with Crippen LogP contribution in [-0.2, 0) is 0 Å². The summed E-state index contributed by atoms with van der Waals surface area (Å²) in [7, 11) is 0. The molecular weight excluding hydrogens is 264 g/mol. The van der Waals surface area contributed by atoms with Gasteiger partial charge in [0.1, 0.15) is 0 Å². The molecule has 0 unspecified atom stereocenters. The lowest BCUT2D eigenvalue weighted by Crippen LogP contribution is -2.48. The summed E-state index contributed by atoms with van der Waals surface area (Å²) in [6.45, 7) is 5.25. The highest BCUT2D eigenvalue weighted by molar-refractivity contribution is 5.85. The quantitative estimate of drug-likeness (QED) is 0.470. The minimum Gasteiger partial charge on any atom is -0.147 e. The minimum atomic E-state index is 0. The fourth-order valence-corrected chi connectivity index (χ4v) is 6.75. The van der Waals surface area contributed by atoms with Gasteiger partial charge in [0.15, 0.2) is 0 Å². The average molecular weight is 295 g/mol. The van der Waals surface area contributed by atoms with Crippen molar-refractivity contribution in [3.63, 3.8) is 0 Å². The van der Waals surface area contributed by atoms with E-state index in [-0.39, 0.29) is 12.4 Å². The number of hydrogen-bond acceptors (Lipinski definition) is 0. The first-order chi connectivity index (χ1) is 9.13. The Labute approximate surface area is 131 Å². The summed E-state index contributed by atoms with van der Waals surface area (Å²) in [5.41, 5.74) is 3.19. The standard InChI is InChI=1S/C19H30.ClH/c1-18-11-5-7-16(18)15-9-8-14-6-3-4-12-19(14,2)17(15)10-13-18;/h6,15-17H,3-5,7-13H2,1-2H3;1H/t15-,16-,17-,18-,19-;/m0./s1. The molecule has 3 fully saturated rings. The Morgan fingerprint density at radius 1 is 0.950 bits per heavy atom. The second-order valence-electron chi connectivity index (χ2n) is 8.54. The Balaban J connectivity index is 0.00000121. The number of hydrogen-bond donors (Lipinski definition) is 0. The van der Waals surface area contributed by atoms with Crippen LogP contribution in [0.15, 0.2) is 11.6 Å². The zero-order chi connectivity index (χ0) is 13.1. The molecule has 0 spiro atoms. The fraction of sp³-hybridized carbons (Fsp3) is 0.895. The SMILES string of the molecule is C[C@@]12CCC[C@H]1[C@@H]1CCC3=CCCC[C@]3(C)[C@H]1CC2.Cl. The first-order valence-corrected chi connectivity index (χ1v) is 8.83. The van der Waals surface area contributed by atoms with Crippen molar-refractivity contribution >= 4 is 12.4 Å². The summed E-state index contributed by atoms with van der Waals surface area (Å²) >= 11 is 0. The maximum atomic E-state index is 2.63. The van der Waals surface area contributed by atoms with Crippen LogP contribution in [0.4, 0.5) is 0 Å². The van der Waals surface area contributed by atoms with E-state index in [1.165, 1.54) is 57.8 Å².